The van der Waals surface area contributed by atoms with Crippen molar-refractivity contribution < 1.29 is 18.3 Å². The van der Waals surface area contributed by atoms with Crippen LogP contribution in [-0.2, 0) is 14.8 Å². The van der Waals surface area contributed by atoms with E-state index >= 15 is 0 Å². The molecule has 2 aromatic rings. The third-order valence-electron chi connectivity index (χ3n) is 2.57. The Kier molecular flexibility index (Phi) is 4.39. The molecule has 0 aliphatic carbocycles. The van der Waals surface area contributed by atoms with Crippen LogP contribution in [0.1, 0.15) is 11.1 Å². The third-order valence-corrected chi connectivity index (χ3v) is 4.87. The van der Waals surface area contributed by atoms with Crippen LogP contribution in [0.2, 0.25) is 0 Å². The number of anilines is 1. The average Bonchev–Trinajstić information content (AvgIpc) is 2.89. The Bertz CT molecular complexity index is 781. The van der Waals surface area contributed by atoms with Gasteiger partial charge in [0.15, 0.2) is 5.13 Å². The summed E-state index contributed by atoms with van der Waals surface area (Å²) in [6.07, 6.45) is 3.79. The molecule has 0 aliphatic heterocycles. The minimum atomic E-state index is -3.76. The molecule has 0 amide bonds. The number of benzene rings is 1. The van der Waals surface area contributed by atoms with E-state index in [1.165, 1.54) is 29.7 Å². The van der Waals surface area contributed by atoms with Gasteiger partial charge in [-0.3, -0.25) is 4.72 Å². The number of aryl methyl sites for hydroxylation is 1. The minimum Gasteiger partial charge on any atom is -0.478 e. The second-order valence-corrected chi connectivity index (χ2v) is 6.68. The van der Waals surface area contributed by atoms with Crippen LogP contribution in [0.4, 0.5) is 5.13 Å². The molecule has 0 radical (unpaired) electrons. The van der Waals surface area contributed by atoms with Crippen molar-refractivity contribution >= 4 is 38.5 Å². The Hall–Kier alpha value is -2.19. The summed E-state index contributed by atoms with van der Waals surface area (Å²) in [7, 11) is -3.76. The van der Waals surface area contributed by atoms with Gasteiger partial charge in [-0.2, -0.15) is 0 Å². The smallest absolute Gasteiger partial charge is 0.328 e. The normalized spacial score (nSPS) is 11.7. The van der Waals surface area contributed by atoms with Crippen molar-refractivity contribution in [3.63, 3.8) is 0 Å². The van der Waals surface area contributed by atoms with Crippen molar-refractivity contribution in [3.05, 3.63) is 47.0 Å². The molecule has 8 heteroatoms. The maximum Gasteiger partial charge on any atom is 0.328 e. The van der Waals surface area contributed by atoms with Crippen LogP contribution < -0.4 is 4.72 Å². The molecule has 21 heavy (non-hydrogen) atoms. The zero-order chi connectivity index (χ0) is 15.5. The number of carboxylic acid groups (broad SMARTS) is 1. The van der Waals surface area contributed by atoms with Gasteiger partial charge in [0.1, 0.15) is 0 Å². The van der Waals surface area contributed by atoms with Gasteiger partial charge in [-0.15, -0.1) is 11.3 Å². The summed E-state index contributed by atoms with van der Waals surface area (Å²) in [5, 5.41) is 10.5. The summed E-state index contributed by atoms with van der Waals surface area (Å²) in [4.78, 5) is 14.5. The Morgan fingerprint density at radius 2 is 2.19 bits per heavy atom. The fourth-order valence-electron chi connectivity index (χ4n) is 1.62. The van der Waals surface area contributed by atoms with E-state index in [4.69, 9.17) is 5.11 Å². The van der Waals surface area contributed by atoms with Gasteiger partial charge in [-0.05, 0) is 30.2 Å². The molecule has 6 nitrogen and oxygen atoms in total. The predicted octanol–water partition coefficient (Wildman–Crippen LogP) is 2.35. The van der Waals surface area contributed by atoms with E-state index in [1.54, 1.807) is 24.4 Å². The molecule has 0 aliphatic rings. The molecule has 0 bridgehead atoms. The van der Waals surface area contributed by atoms with E-state index in [0.717, 1.165) is 6.08 Å². The SMILES string of the molecule is Cc1ccc(C=CC(=O)O)cc1S(=O)(=O)Nc1nccs1. The number of hydrogen-bond donors (Lipinski definition) is 2. The largest absolute Gasteiger partial charge is 0.478 e. The van der Waals surface area contributed by atoms with Crippen LogP contribution in [0.3, 0.4) is 0 Å². The van der Waals surface area contributed by atoms with E-state index in [1.807, 2.05) is 0 Å². The first-order valence-corrected chi connectivity index (χ1v) is 8.19. The molecule has 0 atom stereocenters. The van der Waals surface area contributed by atoms with Crippen molar-refractivity contribution in [3.8, 4) is 0 Å². The number of carbonyl (C=O) groups is 1. The van der Waals surface area contributed by atoms with Gasteiger partial charge < -0.3 is 5.11 Å². The van der Waals surface area contributed by atoms with Gasteiger partial charge in [0, 0.05) is 17.7 Å². The second-order valence-electron chi connectivity index (χ2n) is 4.14. The van der Waals surface area contributed by atoms with Gasteiger partial charge in [0.25, 0.3) is 10.0 Å². The lowest BCUT2D eigenvalue weighted by Gasteiger charge is -2.09. The van der Waals surface area contributed by atoms with Crippen molar-refractivity contribution in [1.82, 2.24) is 4.98 Å². The van der Waals surface area contributed by atoms with E-state index in [2.05, 4.69) is 9.71 Å². The van der Waals surface area contributed by atoms with Crippen LogP contribution in [0.25, 0.3) is 6.08 Å². The van der Waals surface area contributed by atoms with Gasteiger partial charge in [0.2, 0.25) is 0 Å². The van der Waals surface area contributed by atoms with Crippen molar-refractivity contribution in [2.45, 2.75) is 11.8 Å². The summed E-state index contributed by atoms with van der Waals surface area (Å²) >= 11 is 1.18. The number of aliphatic carboxylic acids is 1. The Morgan fingerprint density at radius 1 is 1.43 bits per heavy atom. The van der Waals surface area contributed by atoms with E-state index < -0.39 is 16.0 Å². The molecule has 0 spiro atoms. The number of nitrogens with one attached hydrogen (secondary N) is 1. The summed E-state index contributed by atoms with van der Waals surface area (Å²) in [5.74, 6) is -1.10. The summed E-state index contributed by atoms with van der Waals surface area (Å²) < 4.78 is 27.0. The van der Waals surface area contributed by atoms with Crippen molar-refractivity contribution in [1.29, 1.82) is 0 Å². The molecule has 2 N–H and O–H groups in total. The zero-order valence-corrected chi connectivity index (χ0v) is 12.6. The van der Waals surface area contributed by atoms with Crippen LogP contribution >= 0.6 is 11.3 Å². The molecule has 110 valence electrons. The van der Waals surface area contributed by atoms with Gasteiger partial charge >= 0.3 is 5.97 Å². The fourth-order valence-corrected chi connectivity index (χ4v) is 3.69. The van der Waals surface area contributed by atoms with Crippen LogP contribution in [-0.4, -0.2) is 24.5 Å². The Morgan fingerprint density at radius 3 is 2.81 bits per heavy atom. The van der Waals surface area contributed by atoms with Gasteiger partial charge in [0.05, 0.1) is 4.90 Å². The van der Waals surface area contributed by atoms with Crippen molar-refractivity contribution in [2.75, 3.05) is 4.72 Å². The molecule has 1 aromatic carbocycles. The highest BCUT2D eigenvalue weighted by Crippen LogP contribution is 2.22. The molecular formula is C13H12N2O4S2. The van der Waals surface area contributed by atoms with Crippen molar-refractivity contribution in [2.24, 2.45) is 0 Å². The highest BCUT2D eigenvalue weighted by Gasteiger charge is 2.18. The van der Waals surface area contributed by atoms with Gasteiger partial charge in [-0.25, -0.2) is 18.2 Å². The summed E-state index contributed by atoms with van der Waals surface area (Å²) in [6, 6.07) is 4.69. The lowest BCUT2D eigenvalue weighted by molar-refractivity contribution is -0.131. The quantitative estimate of drug-likeness (QED) is 0.823. The first-order chi connectivity index (χ1) is 9.88. The second kappa shape index (κ2) is 6.06. The zero-order valence-electron chi connectivity index (χ0n) is 11.0. The standard InChI is InChI=1S/C13H12N2O4S2/c1-9-2-3-10(4-5-12(16)17)8-11(9)21(18,19)15-13-14-6-7-20-13/h2-8H,1H3,(H,14,15)(H,16,17). The van der Waals surface area contributed by atoms with Gasteiger partial charge in [-0.1, -0.05) is 12.1 Å². The average molecular weight is 324 g/mol. The topological polar surface area (TPSA) is 96.4 Å². The van der Waals surface area contributed by atoms with E-state index in [-0.39, 0.29) is 10.0 Å². The molecular weight excluding hydrogens is 312 g/mol. The number of aromatic nitrogens is 1. The molecule has 2 rings (SSSR count). The number of carboxylic acids is 1. The van der Waals surface area contributed by atoms with E-state index in [0.29, 0.717) is 11.1 Å². The highest BCUT2D eigenvalue weighted by atomic mass is 32.2. The first kappa shape index (κ1) is 15.2. The molecule has 1 aromatic heterocycles. The maximum absolute atomic E-state index is 12.3. The predicted molar refractivity (Wildman–Crippen MR) is 80.8 cm³/mol. The first-order valence-electron chi connectivity index (χ1n) is 5.82. The maximum atomic E-state index is 12.3. The minimum absolute atomic E-state index is 0.0882. The lowest BCUT2D eigenvalue weighted by Crippen LogP contribution is -2.14. The molecule has 0 fully saturated rings. The Labute approximate surface area is 125 Å². The molecule has 0 saturated carbocycles. The fraction of sp³-hybridized carbons (Fsp3) is 0.0769. The molecule has 0 saturated heterocycles. The van der Waals surface area contributed by atoms with E-state index in [9.17, 15) is 13.2 Å². The molecule has 0 unspecified atom stereocenters. The lowest BCUT2D eigenvalue weighted by atomic mass is 10.1. The Balaban J connectivity index is 2.38. The molecule has 1 heterocycles. The number of nitrogens with zero attached hydrogens (tertiary/aromatic N) is 1. The van der Waals surface area contributed by atoms with Crippen LogP contribution in [0.5, 0.6) is 0 Å². The monoisotopic (exact) mass is 324 g/mol. The van der Waals surface area contributed by atoms with Crippen LogP contribution in [0, 0.1) is 6.92 Å². The highest BCUT2D eigenvalue weighted by molar-refractivity contribution is 7.93. The number of hydrogen-bond acceptors (Lipinski definition) is 5. The third kappa shape index (κ3) is 3.89. The summed E-state index contributed by atoms with van der Waals surface area (Å²) in [5.41, 5.74) is 1.05. The summed E-state index contributed by atoms with van der Waals surface area (Å²) in [6.45, 7) is 1.67. The number of thiazole rings is 1. The van der Waals surface area contributed by atoms with Crippen LogP contribution in [0.15, 0.2) is 40.7 Å². The number of sulfonamides is 1. The number of rotatable bonds is 5.